The Balaban J connectivity index is 3.13. The summed E-state index contributed by atoms with van der Waals surface area (Å²) in [6, 6.07) is 5.85. The van der Waals surface area contributed by atoms with E-state index in [1.165, 1.54) is 0 Å². The molecular formula is C19H31N2OP. The van der Waals surface area contributed by atoms with E-state index >= 15 is 0 Å². The van der Waals surface area contributed by atoms with Gasteiger partial charge in [0.1, 0.15) is 0 Å². The Bertz CT molecular complexity index is 569. The van der Waals surface area contributed by atoms with Crippen molar-refractivity contribution < 1.29 is 4.79 Å². The molecule has 1 amide bonds. The number of rotatable bonds is 7. The number of anilines is 1. The fourth-order valence-electron chi connectivity index (χ4n) is 3.82. The Morgan fingerprint density at radius 3 is 1.96 bits per heavy atom. The van der Waals surface area contributed by atoms with E-state index < -0.39 is 7.26 Å². The van der Waals surface area contributed by atoms with Crippen molar-refractivity contribution in [1.82, 2.24) is 0 Å². The van der Waals surface area contributed by atoms with Crippen LogP contribution < -0.4 is 5.32 Å². The zero-order chi connectivity index (χ0) is 17.6. The first-order chi connectivity index (χ1) is 10.9. The summed E-state index contributed by atoms with van der Waals surface area (Å²) in [6.45, 7) is 12.8. The molecule has 0 spiro atoms. The molecule has 0 aromatic heterocycles. The monoisotopic (exact) mass is 334 g/mol. The number of hydrogen-bond donors (Lipinski definition) is 1. The van der Waals surface area contributed by atoms with Gasteiger partial charge in [-0.05, 0) is 0 Å². The molecule has 0 aliphatic carbocycles. The van der Waals surface area contributed by atoms with Crippen molar-refractivity contribution in [1.29, 1.82) is 5.26 Å². The number of nitriles is 1. The van der Waals surface area contributed by atoms with Crippen LogP contribution in [-0.4, -0.2) is 30.1 Å². The molecule has 1 aromatic rings. The fourth-order valence-corrected chi connectivity index (χ4v) is 8.29. The first-order valence-corrected chi connectivity index (χ1v) is 11.4. The quantitative estimate of drug-likeness (QED) is 0.735. The number of carbonyl (C=O) groups excluding carboxylic acids is 1. The summed E-state index contributed by atoms with van der Waals surface area (Å²) in [4.78, 5) is 13.0. The maximum atomic E-state index is 13.0. The van der Waals surface area contributed by atoms with Crippen LogP contribution in [0.3, 0.4) is 0 Å². The molecule has 1 atom stereocenters. The van der Waals surface area contributed by atoms with Crippen molar-refractivity contribution in [2.45, 2.75) is 53.6 Å². The number of nitrogens with one attached hydrogen (secondary N) is 1. The molecular weight excluding hydrogens is 303 g/mol. The molecule has 1 unspecified atom stereocenters. The summed E-state index contributed by atoms with van der Waals surface area (Å²) in [5, 5.41) is 12.2. The van der Waals surface area contributed by atoms with Gasteiger partial charge in [0.05, 0.1) is 0 Å². The van der Waals surface area contributed by atoms with E-state index in [1.807, 2.05) is 26.0 Å². The second-order valence-electron chi connectivity index (χ2n) is 6.47. The van der Waals surface area contributed by atoms with Crippen LogP contribution in [0.2, 0.25) is 0 Å². The Labute approximate surface area is 141 Å². The Morgan fingerprint density at radius 1 is 1.13 bits per heavy atom. The number of hydrogen-bond acceptors (Lipinski definition) is 2. The predicted octanol–water partition coefficient (Wildman–Crippen LogP) is 4.70. The zero-order valence-corrected chi connectivity index (χ0v) is 16.4. The molecule has 1 N–H and O–H groups in total. The third kappa shape index (κ3) is 4.12. The molecule has 0 saturated carbocycles. The maximum absolute atomic E-state index is 13.0. The van der Waals surface area contributed by atoms with Crippen LogP contribution in [0.15, 0.2) is 12.1 Å². The molecule has 3 nitrogen and oxygen atoms in total. The Morgan fingerprint density at radius 2 is 1.61 bits per heavy atom. The molecule has 0 aliphatic rings. The third-order valence-corrected chi connectivity index (χ3v) is 11.9. The van der Waals surface area contributed by atoms with Crippen molar-refractivity contribution in [3.63, 3.8) is 0 Å². The molecule has 0 saturated heterocycles. The minimum absolute atomic E-state index is 0.150. The van der Waals surface area contributed by atoms with Crippen molar-refractivity contribution in [3.8, 4) is 6.07 Å². The molecule has 4 heteroatoms. The average Bonchev–Trinajstić information content (AvgIpc) is 2.55. The summed E-state index contributed by atoms with van der Waals surface area (Å²) >= 11 is 0. The first kappa shape index (κ1) is 19.7. The van der Waals surface area contributed by atoms with Crippen molar-refractivity contribution >= 4 is 18.9 Å². The van der Waals surface area contributed by atoms with Crippen LogP contribution in [0.25, 0.3) is 0 Å². The van der Waals surface area contributed by atoms with Crippen molar-refractivity contribution in [2.24, 2.45) is 0 Å². The molecule has 1 rings (SSSR count). The van der Waals surface area contributed by atoms with Crippen LogP contribution in [0.5, 0.6) is 0 Å². The van der Waals surface area contributed by atoms with Gasteiger partial charge in [-0.25, -0.2) is 0 Å². The van der Waals surface area contributed by atoms with E-state index in [1.54, 1.807) is 0 Å². The van der Waals surface area contributed by atoms with E-state index in [0.717, 1.165) is 41.7 Å². The van der Waals surface area contributed by atoms with Crippen molar-refractivity contribution in [2.75, 3.05) is 23.8 Å². The normalized spacial score (nSPS) is 13.3. The molecule has 0 aliphatic heterocycles. The number of benzene rings is 1. The summed E-state index contributed by atoms with van der Waals surface area (Å²) in [5.74, 6) is 0.167. The standard InChI is InChI=1S/C19H31N2OP/c1-7-17(23(8-2,9-3)10-4)19(22)21-18-14(5)11-16(13-20)12-15(18)6/h11-12,17,23H,7-10H2,1-6H3,(H,21,22). The number of carbonyl (C=O) groups is 1. The van der Waals surface area contributed by atoms with Crippen LogP contribution in [-0.2, 0) is 4.79 Å². The van der Waals surface area contributed by atoms with E-state index in [4.69, 9.17) is 5.26 Å². The molecule has 23 heavy (non-hydrogen) atoms. The number of aryl methyl sites for hydroxylation is 2. The average molecular weight is 334 g/mol. The summed E-state index contributed by atoms with van der Waals surface area (Å²) in [6.07, 6.45) is 4.35. The van der Waals surface area contributed by atoms with Crippen LogP contribution >= 0.6 is 7.26 Å². The molecule has 128 valence electrons. The molecule has 0 bridgehead atoms. The molecule has 1 aromatic carbocycles. The van der Waals surface area contributed by atoms with Crippen LogP contribution in [0, 0.1) is 25.2 Å². The van der Waals surface area contributed by atoms with Crippen molar-refractivity contribution in [3.05, 3.63) is 28.8 Å². The number of amides is 1. The molecule has 0 heterocycles. The summed E-state index contributed by atoms with van der Waals surface area (Å²) < 4.78 is 0. The van der Waals surface area contributed by atoms with Gasteiger partial charge in [-0.1, -0.05) is 0 Å². The van der Waals surface area contributed by atoms with Gasteiger partial charge in [0, 0.05) is 0 Å². The minimum atomic E-state index is -1.58. The zero-order valence-electron chi connectivity index (χ0n) is 15.4. The van der Waals surface area contributed by atoms with Gasteiger partial charge in [-0.15, -0.1) is 0 Å². The summed E-state index contributed by atoms with van der Waals surface area (Å²) in [7, 11) is -1.58. The van der Waals surface area contributed by atoms with Gasteiger partial charge in [-0.3, -0.25) is 0 Å². The predicted molar refractivity (Wildman–Crippen MR) is 103 cm³/mol. The van der Waals surface area contributed by atoms with Gasteiger partial charge in [0.2, 0.25) is 0 Å². The van der Waals surface area contributed by atoms with E-state index in [-0.39, 0.29) is 11.6 Å². The molecule has 0 radical (unpaired) electrons. The summed E-state index contributed by atoms with van der Waals surface area (Å²) in [5.41, 5.74) is 3.59. The van der Waals surface area contributed by atoms with Gasteiger partial charge >= 0.3 is 141 Å². The van der Waals surface area contributed by atoms with E-state index in [2.05, 4.69) is 39.1 Å². The van der Waals surface area contributed by atoms with Crippen LogP contribution in [0.4, 0.5) is 5.69 Å². The molecule has 0 fully saturated rings. The second-order valence-corrected chi connectivity index (χ2v) is 12.0. The fraction of sp³-hybridized carbons (Fsp3) is 0.579. The topological polar surface area (TPSA) is 52.9 Å². The number of nitrogens with zero attached hydrogens (tertiary/aromatic N) is 1. The Kier molecular flexibility index (Phi) is 7.23. The van der Waals surface area contributed by atoms with Gasteiger partial charge in [0.15, 0.2) is 0 Å². The van der Waals surface area contributed by atoms with Crippen LogP contribution in [0.1, 0.15) is 50.8 Å². The first-order valence-electron chi connectivity index (χ1n) is 8.71. The van der Waals surface area contributed by atoms with E-state index in [0.29, 0.717) is 5.56 Å². The SMILES string of the molecule is CCC(C(=O)Nc1c(C)cc(C#N)cc1C)[PH](CC)(CC)CC. The van der Waals surface area contributed by atoms with Gasteiger partial charge in [-0.2, -0.15) is 0 Å². The second kappa shape index (κ2) is 8.46. The Hall–Kier alpha value is -1.39. The third-order valence-electron chi connectivity index (χ3n) is 5.49. The van der Waals surface area contributed by atoms with Gasteiger partial charge in [0.25, 0.3) is 0 Å². The van der Waals surface area contributed by atoms with Gasteiger partial charge < -0.3 is 0 Å². The van der Waals surface area contributed by atoms with E-state index in [9.17, 15) is 4.79 Å².